The van der Waals surface area contributed by atoms with Crippen molar-refractivity contribution in [3.8, 4) is 0 Å². The zero-order valence-corrected chi connectivity index (χ0v) is 12.6. The maximum Gasteiger partial charge on any atom is 0.328 e. The molecule has 0 radical (unpaired) electrons. The molecule has 1 aromatic rings. The summed E-state index contributed by atoms with van der Waals surface area (Å²) in [5, 5.41) is 22.4. The molecule has 3 N–H and O–H groups in total. The largest absolute Gasteiger partial charge is 0.392 e. The topological polar surface area (TPSA) is 76.0 Å². The van der Waals surface area contributed by atoms with Crippen molar-refractivity contribution in [2.24, 2.45) is 0 Å². The highest BCUT2D eigenvalue weighted by Gasteiger charge is 2.32. The minimum absolute atomic E-state index is 0.147. The zero-order chi connectivity index (χ0) is 15.4. The fraction of sp³-hybridized carbons (Fsp3) is 0.429. The molecule has 0 aromatic heterocycles. The first-order valence-electron chi connectivity index (χ1n) is 6.76. The van der Waals surface area contributed by atoms with Gasteiger partial charge in [-0.2, -0.15) is 0 Å². The van der Waals surface area contributed by atoms with Crippen molar-refractivity contribution in [2.75, 3.05) is 25.0 Å². The number of urea groups is 1. The number of aliphatic hydroxyl groups is 2. The summed E-state index contributed by atoms with van der Waals surface area (Å²) in [6.07, 6.45) is -1.29. The van der Waals surface area contributed by atoms with Crippen LogP contribution in [0.15, 0.2) is 30.3 Å². The molecule has 1 aliphatic rings. The van der Waals surface area contributed by atoms with E-state index in [1.165, 1.54) is 4.90 Å². The predicted octanol–water partition coefficient (Wildman–Crippen LogP) is 0.863. The van der Waals surface area contributed by atoms with Crippen LogP contribution < -0.4 is 5.32 Å². The van der Waals surface area contributed by atoms with Crippen molar-refractivity contribution in [3.05, 3.63) is 30.3 Å². The number of amides is 2. The smallest absolute Gasteiger partial charge is 0.328 e. The Bertz CT molecular complexity index is 507. The van der Waals surface area contributed by atoms with Crippen molar-refractivity contribution in [3.63, 3.8) is 0 Å². The van der Waals surface area contributed by atoms with Crippen molar-refractivity contribution in [1.82, 2.24) is 9.80 Å². The Morgan fingerprint density at radius 1 is 1.43 bits per heavy atom. The van der Waals surface area contributed by atoms with E-state index in [1.54, 1.807) is 24.0 Å². The molecule has 2 unspecified atom stereocenters. The Morgan fingerprint density at radius 3 is 2.71 bits per heavy atom. The second-order valence-corrected chi connectivity index (χ2v) is 5.46. The highest BCUT2D eigenvalue weighted by molar-refractivity contribution is 7.80. The lowest BCUT2D eigenvalue weighted by molar-refractivity contribution is 0.0730. The standard InChI is InChI=1S/C14H19N3O3S/c1-10(18)7-16-8-12(19)9-17(14(16)21)13(20)15-11-5-3-2-4-6-11/h2-6,10,12,18-19H,7-9H2,1H3,(H,15,20). The molecule has 2 rings (SSSR count). The van der Waals surface area contributed by atoms with Crippen LogP contribution in [0.3, 0.4) is 0 Å². The summed E-state index contributed by atoms with van der Waals surface area (Å²) in [5.41, 5.74) is 0.660. The van der Waals surface area contributed by atoms with Crippen LogP contribution in [0.25, 0.3) is 0 Å². The molecule has 1 fully saturated rings. The molecule has 21 heavy (non-hydrogen) atoms. The summed E-state index contributed by atoms with van der Waals surface area (Å²) >= 11 is 5.28. The molecule has 0 saturated carbocycles. The average Bonchev–Trinajstić information content (AvgIpc) is 2.43. The van der Waals surface area contributed by atoms with Crippen molar-refractivity contribution in [2.45, 2.75) is 19.1 Å². The minimum atomic E-state index is -0.697. The minimum Gasteiger partial charge on any atom is -0.392 e. The van der Waals surface area contributed by atoms with Crippen LogP contribution in [0, 0.1) is 0 Å². The first-order valence-corrected chi connectivity index (χ1v) is 7.17. The molecule has 1 heterocycles. The molecule has 1 saturated heterocycles. The number of thiocarbonyl (C=S) groups is 1. The Balaban J connectivity index is 2.06. The van der Waals surface area contributed by atoms with E-state index in [9.17, 15) is 15.0 Å². The molecule has 0 spiro atoms. The molecule has 7 heteroatoms. The van der Waals surface area contributed by atoms with Crippen LogP contribution in [0.4, 0.5) is 10.5 Å². The van der Waals surface area contributed by atoms with Crippen LogP contribution in [-0.4, -0.2) is 63.0 Å². The highest BCUT2D eigenvalue weighted by atomic mass is 32.1. The number of carbonyl (C=O) groups excluding carboxylic acids is 1. The number of benzene rings is 1. The number of hydrogen-bond donors (Lipinski definition) is 3. The van der Waals surface area contributed by atoms with Gasteiger partial charge in [-0.3, -0.25) is 4.90 Å². The fourth-order valence-corrected chi connectivity index (χ4v) is 2.51. The predicted molar refractivity (Wildman–Crippen MR) is 84.0 cm³/mol. The van der Waals surface area contributed by atoms with Crippen molar-refractivity contribution < 1.29 is 15.0 Å². The molecular formula is C14H19N3O3S. The molecule has 2 atom stereocenters. The van der Waals surface area contributed by atoms with Crippen LogP contribution in [0.1, 0.15) is 6.92 Å². The molecule has 0 aliphatic carbocycles. The molecule has 6 nitrogen and oxygen atoms in total. The zero-order valence-electron chi connectivity index (χ0n) is 11.8. The first-order chi connectivity index (χ1) is 9.97. The van der Waals surface area contributed by atoms with Gasteiger partial charge in [0.1, 0.15) is 0 Å². The van der Waals surface area contributed by atoms with Gasteiger partial charge in [-0.15, -0.1) is 0 Å². The van der Waals surface area contributed by atoms with Crippen LogP contribution in [-0.2, 0) is 0 Å². The lowest BCUT2D eigenvalue weighted by Gasteiger charge is -2.40. The number of β-amino-alcohol motifs (C(OH)–C–C–N with tert-alkyl or cyclic N) is 2. The number of hydrogen-bond acceptors (Lipinski definition) is 4. The van der Waals surface area contributed by atoms with Gasteiger partial charge >= 0.3 is 6.03 Å². The van der Waals surface area contributed by atoms with Gasteiger partial charge in [0.25, 0.3) is 0 Å². The summed E-state index contributed by atoms with van der Waals surface area (Å²) < 4.78 is 0. The molecule has 0 bridgehead atoms. The lowest BCUT2D eigenvalue weighted by atomic mass is 10.2. The Morgan fingerprint density at radius 2 is 2.10 bits per heavy atom. The summed E-state index contributed by atoms with van der Waals surface area (Å²) in [5.74, 6) is 0. The Labute approximate surface area is 129 Å². The lowest BCUT2D eigenvalue weighted by Crippen LogP contribution is -2.59. The van der Waals surface area contributed by atoms with E-state index in [0.717, 1.165) is 0 Å². The number of aliphatic hydroxyl groups excluding tert-OH is 2. The van der Waals surface area contributed by atoms with Gasteiger partial charge in [-0.05, 0) is 31.3 Å². The van der Waals surface area contributed by atoms with Crippen LogP contribution in [0.2, 0.25) is 0 Å². The third kappa shape index (κ3) is 4.13. The second kappa shape index (κ2) is 6.84. The maximum absolute atomic E-state index is 12.3. The normalized spacial score (nSPS) is 20.3. The molecule has 2 amide bonds. The van der Waals surface area contributed by atoms with E-state index >= 15 is 0 Å². The van der Waals surface area contributed by atoms with E-state index in [4.69, 9.17) is 12.2 Å². The van der Waals surface area contributed by atoms with Gasteiger partial charge in [0.15, 0.2) is 5.11 Å². The quantitative estimate of drug-likeness (QED) is 0.722. The molecular weight excluding hydrogens is 290 g/mol. The highest BCUT2D eigenvalue weighted by Crippen LogP contribution is 2.14. The number of para-hydroxylation sites is 1. The molecule has 1 aromatic carbocycles. The summed E-state index contributed by atoms with van der Waals surface area (Å²) in [4.78, 5) is 15.2. The third-order valence-corrected chi connectivity index (χ3v) is 3.56. The van der Waals surface area contributed by atoms with Crippen molar-refractivity contribution in [1.29, 1.82) is 0 Å². The Kier molecular flexibility index (Phi) is 5.11. The summed E-state index contributed by atoms with van der Waals surface area (Å²) in [6.45, 7) is 2.38. The van der Waals surface area contributed by atoms with Gasteiger partial charge in [-0.25, -0.2) is 4.79 Å². The monoisotopic (exact) mass is 309 g/mol. The average molecular weight is 309 g/mol. The first kappa shape index (κ1) is 15.7. The number of anilines is 1. The molecule has 114 valence electrons. The SMILES string of the molecule is CC(O)CN1CC(O)CN(C(=O)Nc2ccccc2)C1=S. The van der Waals surface area contributed by atoms with E-state index in [1.807, 2.05) is 18.2 Å². The van der Waals surface area contributed by atoms with E-state index < -0.39 is 12.2 Å². The molecule has 1 aliphatic heterocycles. The number of nitrogens with one attached hydrogen (secondary N) is 1. The number of nitrogens with zero attached hydrogens (tertiary/aromatic N) is 2. The summed E-state index contributed by atoms with van der Waals surface area (Å²) in [6, 6.07) is 8.65. The summed E-state index contributed by atoms with van der Waals surface area (Å²) in [7, 11) is 0. The van der Waals surface area contributed by atoms with Gasteiger partial charge in [0.05, 0.1) is 18.8 Å². The van der Waals surface area contributed by atoms with Gasteiger partial charge in [-0.1, -0.05) is 18.2 Å². The fourth-order valence-electron chi connectivity index (χ4n) is 2.20. The van der Waals surface area contributed by atoms with Crippen molar-refractivity contribution >= 4 is 29.0 Å². The maximum atomic E-state index is 12.3. The van der Waals surface area contributed by atoms with E-state index in [0.29, 0.717) is 17.3 Å². The van der Waals surface area contributed by atoms with E-state index in [2.05, 4.69) is 5.32 Å². The van der Waals surface area contributed by atoms with E-state index in [-0.39, 0.29) is 19.1 Å². The van der Waals surface area contributed by atoms with Crippen LogP contribution >= 0.6 is 12.2 Å². The van der Waals surface area contributed by atoms with Gasteiger partial charge in [0.2, 0.25) is 0 Å². The third-order valence-electron chi connectivity index (χ3n) is 3.08. The number of rotatable bonds is 3. The second-order valence-electron chi connectivity index (χ2n) is 5.10. The van der Waals surface area contributed by atoms with Gasteiger partial charge < -0.3 is 20.4 Å². The van der Waals surface area contributed by atoms with Gasteiger partial charge in [0, 0.05) is 18.8 Å². The number of carbonyl (C=O) groups is 1. The van der Waals surface area contributed by atoms with Crippen LogP contribution in [0.5, 0.6) is 0 Å². The Hall–Kier alpha value is -1.70.